The second-order valence-electron chi connectivity index (χ2n) is 5.67. The maximum Gasteiger partial charge on any atom is 0.0233 e. The summed E-state index contributed by atoms with van der Waals surface area (Å²) >= 11 is 0. The van der Waals surface area contributed by atoms with Crippen LogP contribution in [0, 0.1) is 0 Å². The zero-order valence-corrected chi connectivity index (χ0v) is 14.5. The van der Waals surface area contributed by atoms with Crippen molar-refractivity contribution in [3.05, 3.63) is 71.8 Å². The normalized spacial score (nSPS) is 10.5. The van der Waals surface area contributed by atoms with Crippen LogP contribution >= 0.6 is 0 Å². The Morgan fingerprint density at radius 3 is 1.41 bits per heavy atom. The highest BCUT2D eigenvalue weighted by molar-refractivity contribution is 5.14. The molecule has 0 heterocycles. The molecule has 0 amide bonds. The van der Waals surface area contributed by atoms with Gasteiger partial charge in [-0.1, -0.05) is 74.5 Å². The molecule has 0 aliphatic heterocycles. The predicted octanol–water partition coefficient (Wildman–Crippen LogP) is 4.28. The van der Waals surface area contributed by atoms with Gasteiger partial charge in [0.1, 0.15) is 0 Å². The van der Waals surface area contributed by atoms with Gasteiger partial charge in [0.15, 0.2) is 0 Å². The Morgan fingerprint density at radius 2 is 1.05 bits per heavy atom. The summed E-state index contributed by atoms with van der Waals surface area (Å²) < 4.78 is 0. The van der Waals surface area contributed by atoms with Crippen LogP contribution in [0.4, 0.5) is 0 Å². The van der Waals surface area contributed by atoms with Crippen molar-refractivity contribution in [1.82, 2.24) is 9.80 Å². The zero-order valence-electron chi connectivity index (χ0n) is 14.5. The minimum atomic E-state index is 1.03. The maximum absolute atomic E-state index is 2.41. The number of benzene rings is 2. The summed E-state index contributed by atoms with van der Waals surface area (Å²) in [6.45, 7) is 8.77. The molecule has 2 rings (SSSR count). The van der Waals surface area contributed by atoms with Gasteiger partial charge < -0.3 is 4.90 Å². The largest absolute Gasteiger partial charge is 0.305 e. The molecule has 0 bridgehead atoms. The van der Waals surface area contributed by atoms with Crippen molar-refractivity contribution < 1.29 is 0 Å². The van der Waals surface area contributed by atoms with E-state index in [9.17, 15) is 0 Å². The molecule has 0 unspecified atom stereocenters. The molecule has 120 valence electrons. The van der Waals surface area contributed by atoms with E-state index in [-0.39, 0.29) is 0 Å². The summed E-state index contributed by atoms with van der Waals surface area (Å²) in [7, 11) is 4.15. The van der Waals surface area contributed by atoms with Gasteiger partial charge in [-0.3, -0.25) is 4.90 Å². The third kappa shape index (κ3) is 7.96. The Bertz CT molecular complexity index is 476. The minimum Gasteiger partial charge on any atom is -0.305 e. The molecule has 0 aliphatic carbocycles. The molecule has 2 nitrogen and oxygen atoms in total. The summed E-state index contributed by atoms with van der Waals surface area (Å²) in [5.41, 5.74) is 2.77. The van der Waals surface area contributed by atoms with Gasteiger partial charge in [0.05, 0.1) is 0 Å². The van der Waals surface area contributed by atoms with Crippen LogP contribution in [0.3, 0.4) is 0 Å². The summed E-state index contributed by atoms with van der Waals surface area (Å²) in [5.74, 6) is 0. The van der Waals surface area contributed by atoms with E-state index < -0.39 is 0 Å². The van der Waals surface area contributed by atoms with Gasteiger partial charge in [-0.2, -0.15) is 0 Å². The van der Waals surface area contributed by atoms with Crippen LogP contribution in [-0.4, -0.2) is 37.0 Å². The lowest BCUT2D eigenvalue weighted by atomic mass is 10.2. The van der Waals surface area contributed by atoms with Crippen molar-refractivity contribution in [3.63, 3.8) is 0 Å². The first-order valence-electron chi connectivity index (χ1n) is 8.10. The molecule has 22 heavy (non-hydrogen) atoms. The van der Waals surface area contributed by atoms with Crippen molar-refractivity contribution >= 4 is 0 Å². The smallest absolute Gasteiger partial charge is 0.0233 e. The fourth-order valence-electron chi connectivity index (χ4n) is 2.24. The minimum absolute atomic E-state index is 1.03. The molecular weight excluding hydrogens is 268 g/mol. The Morgan fingerprint density at radius 1 is 0.636 bits per heavy atom. The first kappa shape index (κ1) is 18.4. The highest BCUT2D eigenvalue weighted by Crippen LogP contribution is 2.03. The van der Waals surface area contributed by atoms with E-state index in [1.165, 1.54) is 11.1 Å². The fraction of sp³-hybridized carbons (Fsp3) is 0.400. The van der Waals surface area contributed by atoms with Crippen LogP contribution < -0.4 is 0 Å². The van der Waals surface area contributed by atoms with E-state index >= 15 is 0 Å². The van der Waals surface area contributed by atoms with Crippen LogP contribution in [0.25, 0.3) is 0 Å². The molecule has 0 saturated carbocycles. The lowest BCUT2D eigenvalue weighted by molar-refractivity contribution is 0.296. The first-order valence-corrected chi connectivity index (χ1v) is 8.10. The molecule has 0 fully saturated rings. The van der Waals surface area contributed by atoms with Gasteiger partial charge in [-0.15, -0.1) is 0 Å². The van der Waals surface area contributed by atoms with E-state index in [2.05, 4.69) is 92.3 Å². The molecule has 0 aromatic heterocycles. The average Bonchev–Trinajstić information content (AvgIpc) is 2.54. The molecule has 2 aromatic rings. The highest BCUT2D eigenvalue weighted by atomic mass is 15.1. The molecule has 0 saturated heterocycles. The average molecular weight is 298 g/mol. The molecule has 0 spiro atoms. The molecule has 0 aliphatic rings. The Labute approximate surface area is 136 Å². The lowest BCUT2D eigenvalue weighted by Crippen LogP contribution is -2.21. The summed E-state index contributed by atoms with van der Waals surface area (Å²) in [6.07, 6.45) is 0. The molecule has 0 N–H and O–H groups in total. The fourth-order valence-corrected chi connectivity index (χ4v) is 2.24. The van der Waals surface area contributed by atoms with Crippen molar-refractivity contribution in [2.45, 2.75) is 26.9 Å². The molecule has 2 aromatic carbocycles. The molecular formula is C20H30N2. The number of hydrogen-bond donors (Lipinski definition) is 0. The molecule has 2 heteroatoms. The highest BCUT2D eigenvalue weighted by Gasteiger charge is 1.98. The quantitative estimate of drug-likeness (QED) is 0.785. The van der Waals surface area contributed by atoms with Crippen molar-refractivity contribution in [2.24, 2.45) is 0 Å². The maximum atomic E-state index is 2.41. The molecule has 0 atom stereocenters. The number of rotatable bonds is 6. The SMILES string of the molecule is CCN(CC)Cc1ccccc1.CN(C)Cc1ccccc1. The lowest BCUT2D eigenvalue weighted by Gasteiger charge is -2.17. The second kappa shape index (κ2) is 11.0. The van der Waals surface area contributed by atoms with Gasteiger partial charge in [-0.25, -0.2) is 0 Å². The topological polar surface area (TPSA) is 6.48 Å². The number of nitrogens with zero attached hydrogens (tertiary/aromatic N) is 2. The van der Waals surface area contributed by atoms with Gasteiger partial charge in [0, 0.05) is 13.1 Å². The third-order valence-electron chi connectivity index (χ3n) is 3.49. The van der Waals surface area contributed by atoms with Crippen molar-refractivity contribution in [1.29, 1.82) is 0 Å². The Kier molecular flexibility index (Phi) is 9.20. The Hall–Kier alpha value is -1.64. The van der Waals surface area contributed by atoms with Gasteiger partial charge >= 0.3 is 0 Å². The van der Waals surface area contributed by atoms with Crippen molar-refractivity contribution in [2.75, 3.05) is 27.2 Å². The van der Waals surface area contributed by atoms with Crippen LogP contribution in [-0.2, 0) is 13.1 Å². The van der Waals surface area contributed by atoms with E-state index in [1.807, 2.05) is 6.07 Å². The van der Waals surface area contributed by atoms with E-state index in [4.69, 9.17) is 0 Å². The third-order valence-corrected chi connectivity index (χ3v) is 3.49. The predicted molar refractivity (Wildman–Crippen MR) is 96.9 cm³/mol. The second-order valence-corrected chi connectivity index (χ2v) is 5.67. The van der Waals surface area contributed by atoms with Gasteiger partial charge in [0.2, 0.25) is 0 Å². The van der Waals surface area contributed by atoms with E-state index in [0.29, 0.717) is 0 Å². The molecule has 0 radical (unpaired) electrons. The Balaban J connectivity index is 0.000000224. The number of hydrogen-bond acceptors (Lipinski definition) is 2. The standard InChI is InChI=1S/C11H17N.C9H13N/c1-3-12(4-2)10-11-8-6-5-7-9-11;1-10(2)8-9-6-4-3-5-7-9/h5-9H,3-4,10H2,1-2H3;3-7H,8H2,1-2H3. The van der Waals surface area contributed by atoms with Gasteiger partial charge in [-0.05, 0) is 38.3 Å². The van der Waals surface area contributed by atoms with E-state index in [1.54, 1.807) is 0 Å². The summed E-state index contributed by atoms with van der Waals surface area (Å²) in [6, 6.07) is 21.1. The van der Waals surface area contributed by atoms with Crippen LogP contribution in [0.2, 0.25) is 0 Å². The van der Waals surface area contributed by atoms with Gasteiger partial charge in [0.25, 0.3) is 0 Å². The van der Waals surface area contributed by atoms with Crippen LogP contribution in [0.5, 0.6) is 0 Å². The summed E-state index contributed by atoms with van der Waals surface area (Å²) in [4.78, 5) is 4.57. The summed E-state index contributed by atoms with van der Waals surface area (Å²) in [5, 5.41) is 0. The van der Waals surface area contributed by atoms with E-state index in [0.717, 1.165) is 26.2 Å². The van der Waals surface area contributed by atoms with Crippen molar-refractivity contribution in [3.8, 4) is 0 Å². The monoisotopic (exact) mass is 298 g/mol. The first-order chi connectivity index (χ1) is 10.7. The van der Waals surface area contributed by atoms with Crippen LogP contribution in [0.1, 0.15) is 25.0 Å². The zero-order chi connectivity index (χ0) is 16.2. The van der Waals surface area contributed by atoms with Crippen LogP contribution in [0.15, 0.2) is 60.7 Å².